The second-order valence-corrected chi connectivity index (χ2v) is 5.47. The number of allylic oxidation sites excluding steroid dienone is 1. The van der Waals surface area contributed by atoms with E-state index in [2.05, 4.69) is 18.2 Å². The lowest BCUT2D eigenvalue weighted by atomic mass is 9.92. The van der Waals surface area contributed by atoms with Gasteiger partial charge in [-0.3, -0.25) is 0 Å². The van der Waals surface area contributed by atoms with Crippen molar-refractivity contribution < 1.29 is 9.42 Å². The molecule has 4 heteroatoms. The molecule has 0 aromatic heterocycles. The molecule has 86 valence electrons. The minimum Gasteiger partial charge on any atom is -0.440 e. The van der Waals surface area contributed by atoms with Crippen LogP contribution < -0.4 is 0 Å². The van der Waals surface area contributed by atoms with Gasteiger partial charge in [-0.2, -0.15) is 0 Å². The van der Waals surface area contributed by atoms with E-state index < -0.39 is 7.73 Å². The maximum absolute atomic E-state index is 9.11. The summed E-state index contributed by atoms with van der Waals surface area (Å²) < 4.78 is 5.23. The number of halogens is 1. The predicted molar refractivity (Wildman–Crippen MR) is 71.7 cm³/mol. The van der Waals surface area contributed by atoms with Gasteiger partial charge in [0, 0.05) is 6.42 Å². The molecule has 1 aliphatic carbocycles. The molecule has 0 radical (unpaired) electrons. The molecule has 2 aromatic carbocycles. The van der Waals surface area contributed by atoms with E-state index in [9.17, 15) is 0 Å². The maximum atomic E-state index is 9.11. The molecule has 0 amide bonds. The summed E-state index contributed by atoms with van der Waals surface area (Å²) in [5, 5.41) is 2.49. The van der Waals surface area contributed by atoms with Crippen LogP contribution >= 0.6 is 19.0 Å². The molecule has 0 heterocycles. The molecule has 1 N–H and O–H groups in total. The lowest BCUT2D eigenvalue weighted by molar-refractivity contribution is 0.409. The zero-order chi connectivity index (χ0) is 11.8. The second kappa shape index (κ2) is 4.30. The summed E-state index contributed by atoms with van der Waals surface area (Å²) in [6.07, 6.45) is 2.63. The molecule has 1 atom stereocenters. The molecule has 2 nitrogen and oxygen atoms in total. The Kier molecular flexibility index (Phi) is 2.79. The third kappa shape index (κ3) is 2.04. The van der Waals surface area contributed by atoms with Crippen LogP contribution in [0.1, 0.15) is 11.1 Å². The maximum Gasteiger partial charge on any atom is 0.335 e. The highest BCUT2D eigenvalue weighted by Gasteiger charge is 2.16. The topological polar surface area (TPSA) is 29.5 Å². The molecule has 1 aliphatic rings. The van der Waals surface area contributed by atoms with Gasteiger partial charge in [0.2, 0.25) is 0 Å². The lowest BCUT2D eigenvalue weighted by Crippen LogP contribution is -2.00. The quantitative estimate of drug-likeness (QED) is 0.823. The van der Waals surface area contributed by atoms with Crippen LogP contribution in [-0.2, 0) is 10.9 Å². The first-order valence-electron chi connectivity index (χ1n) is 5.28. The average Bonchev–Trinajstić information content (AvgIpc) is 2.28. The summed E-state index contributed by atoms with van der Waals surface area (Å²) in [4.78, 5) is 9.11. The highest BCUT2D eigenvalue weighted by atomic mass is 35.7. The Balaban J connectivity index is 2.16. The fourth-order valence-corrected chi connectivity index (χ4v) is 2.86. The Morgan fingerprint density at radius 2 is 1.94 bits per heavy atom. The fraction of sp³-hybridized carbons (Fsp3) is 0.0769. The number of hydrogen-bond acceptors (Lipinski definition) is 2. The smallest absolute Gasteiger partial charge is 0.335 e. The normalized spacial score (nSPS) is 15.5. The van der Waals surface area contributed by atoms with Gasteiger partial charge in [-0.05, 0) is 39.2 Å². The van der Waals surface area contributed by atoms with Crippen LogP contribution in [0.15, 0.2) is 42.2 Å². The molecule has 0 saturated carbocycles. The monoisotopic (exact) mass is 264 g/mol. The number of hydrogen-bond donors (Lipinski definition) is 1. The van der Waals surface area contributed by atoms with E-state index in [1.807, 2.05) is 24.3 Å². The van der Waals surface area contributed by atoms with E-state index in [4.69, 9.17) is 20.7 Å². The highest BCUT2D eigenvalue weighted by molar-refractivity contribution is 7.75. The van der Waals surface area contributed by atoms with Gasteiger partial charge in [0.05, 0.1) is 0 Å². The van der Waals surface area contributed by atoms with Gasteiger partial charge in [0.25, 0.3) is 0 Å². The molecule has 1 unspecified atom stereocenters. The SMILES string of the molecule is OP(Cl)OC1=Cc2cccc3cccc(c23)C1. The summed E-state index contributed by atoms with van der Waals surface area (Å²) >= 11 is 5.50. The standard InChI is InChI=1S/C13H10ClO2P/c14-17(15)16-12-7-10-5-1-3-9-4-2-6-11(8-12)13(9)10/h1-7,15H,8H2. The van der Waals surface area contributed by atoms with E-state index in [1.165, 1.54) is 16.3 Å². The zero-order valence-electron chi connectivity index (χ0n) is 8.93. The van der Waals surface area contributed by atoms with E-state index in [1.54, 1.807) is 0 Å². The number of rotatable bonds is 2. The molecular formula is C13H10ClO2P. The van der Waals surface area contributed by atoms with Crippen molar-refractivity contribution in [2.24, 2.45) is 0 Å². The van der Waals surface area contributed by atoms with Crippen LogP contribution in [0.2, 0.25) is 0 Å². The van der Waals surface area contributed by atoms with Crippen LogP contribution in [0, 0.1) is 0 Å². The van der Waals surface area contributed by atoms with Crippen molar-refractivity contribution in [1.82, 2.24) is 0 Å². The van der Waals surface area contributed by atoms with Crippen molar-refractivity contribution in [2.75, 3.05) is 0 Å². The summed E-state index contributed by atoms with van der Waals surface area (Å²) in [5.41, 5.74) is 2.33. The molecule has 3 rings (SSSR count). The average molecular weight is 265 g/mol. The molecule has 0 aliphatic heterocycles. The van der Waals surface area contributed by atoms with Crippen LogP contribution in [0.5, 0.6) is 0 Å². The van der Waals surface area contributed by atoms with Crippen molar-refractivity contribution in [2.45, 2.75) is 6.42 Å². The third-order valence-electron chi connectivity index (χ3n) is 2.90. The Hall–Kier alpha value is -1.08. The minimum absolute atomic E-state index is 0.681. The van der Waals surface area contributed by atoms with E-state index in [-0.39, 0.29) is 0 Å². The van der Waals surface area contributed by atoms with Crippen LogP contribution in [0.4, 0.5) is 0 Å². The molecule has 17 heavy (non-hydrogen) atoms. The summed E-state index contributed by atoms with van der Waals surface area (Å²) in [5.74, 6) is 0.722. The summed E-state index contributed by atoms with van der Waals surface area (Å²) in [7, 11) is -1.87. The van der Waals surface area contributed by atoms with Gasteiger partial charge in [0.15, 0.2) is 0 Å². The third-order valence-corrected chi connectivity index (χ3v) is 3.49. The van der Waals surface area contributed by atoms with Crippen LogP contribution in [0.3, 0.4) is 0 Å². The van der Waals surface area contributed by atoms with Gasteiger partial charge in [-0.15, -0.1) is 0 Å². The first-order chi connectivity index (χ1) is 8.24. The minimum atomic E-state index is -1.87. The number of benzene rings is 2. The van der Waals surface area contributed by atoms with Gasteiger partial charge in [-0.1, -0.05) is 36.4 Å². The van der Waals surface area contributed by atoms with E-state index in [0.29, 0.717) is 6.42 Å². The van der Waals surface area contributed by atoms with E-state index >= 15 is 0 Å². The largest absolute Gasteiger partial charge is 0.440 e. The van der Waals surface area contributed by atoms with Gasteiger partial charge in [0.1, 0.15) is 5.76 Å². The Morgan fingerprint density at radius 1 is 1.18 bits per heavy atom. The Morgan fingerprint density at radius 3 is 2.71 bits per heavy atom. The summed E-state index contributed by atoms with van der Waals surface area (Å²) in [6.45, 7) is 0. The zero-order valence-corrected chi connectivity index (χ0v) is 10.6. The molecular weight excluding hydrogens is 255 g/mol. The van der Waals surface area contributed by atoms with Crippen LogP contribution in [0.25, 0.3) is 16.8 Å². The van der Waals surface area contributed by atoms with Gasteiger partial charge in [-0.25, -0.2) is 0 Å². The Labute approximate surface area is 105 Å². The highest BCUT2D eigenvalue weighted by Crippen LogP contribution is 2.42. The lowest BCUT2D eigenvalue weighted by Gasteiger charge is -2.18. The summed E-state index contributed by atoms with van der Waals surface area (Å²) in [6, 6.07) is 12.4. The van der Waals surface area contributed by atoms with Crippen molar-refractivity contribution in [1.29, 1.82) is 0 Å². The molecule has 0 bridgehead atoms. The van der Waals surface area contributed by atoms with Crippen molar-refractivity contribution in [3.05, 3.63) is 53.3 Å². The molecule has 0 spiro atoms. The van der Waals surface area contributed by atoms with Crippen molar-refractivity contribution >= 4 is 35.8 Å². The van der Waals surface area contributed by atoms with Crippen molar-refractivity contribution in [3.63, 3.8) is 0 Å². The fourth-order valence-electron chi connectivity index (χ4n) is 2.28. The van der Waals surface area contributed by atoms with E-state index in [0.717, 1.165) is 11.3 Å². The molecule has 0 fully saturated rings. The van der Waals surface area contributed by atoms with Gasteiger partial charge < -0.3 is 9.42 Å². The first-order valence-corrected chi connectivity index (χ1v) is 7.40. The second-order valence-electron chi connectivity index (χ2n) is 3.97. The van der Waals surface area contributed by atoms with Crippen LogP contribution in [-0.4, -0.2) is 4.89 Å². The van der Waals surface area contributed by atoms with Gasteiger partial charge >= 0.3 is 7.73 Å². The molecule has 2 aromatic rings. The predicted octanol–water partition coefficient (Wildman–Crippen LogP) is 4.21. The Bertz CT molecular complexity index is 602. The first kappa shape index (κ1) is 11.0. The van der Waals surface area contributed by atoms with Crippen molar-refractivity contribution in [3.8, 4) is 0 Å². The molecule has 0 saturated heterocycles.